The Bertz CT molecular complexity index is 571. The first-order valence-corrected chi connectivity index (χ1v) is 8.41. The van der Waals surface area contributed by atoms with Crippen LogP contribution in [0.3, 0.4) is 0 Å². The Labute approximate surface area is 142 Å². The molecule has 1 saturated heterocycles. The second-order valence-corrected chi connectivity index (χ2v) is 6.62. The number of benzene rings is 1. The quantitative estimate of drug-likeness (QED) is 0.772. The molecule has 0 radical (unpaired) electrons. The summed E-state index contributed by atoms with van der Waals surface area (Å²) in [6.45, 7) is 5.62. The molecule has 23 heavy (non-hydrogen) atoms. The minimum atomic E-state index is -0.182. The van der Waals surface area contributed by atoms with Gasteiger partial charge in [0.2, 0.25) is 11.8 Å². The SMILES string of the molecule is CC(=O)Nc1ccc(NC(=O)CC(C)C2CCCNC2)cc1Cl. The molecule has 2 atom stereocenters. The monoisotopic (exact) mass is 337 g/mol. The predicted molar refractivity (Wildman–Crippen MR) is 93.8 cm³/mol. The summed E-state index contributed by atoms with van der Waals surface area (Å²) in [5.41, 5.74) is 1.18. The molecule has 0 aliphatic carbocycles. The van der Waals surface area contributed by atoms with Crippen LogP contribution < -0.4 is 16.0 Å². The molecular formula is C17H24ClN3O2. The number of hydrogen-bond acceptors (Lipinski definition) is 3. The van der Waals surface area contributed by atoms with Crippen molar-refractivity contribution in [1.82, 2.24) is 5.32 Å². The Hall–Kier alpha value is -1.59. The van der Waals surface area contributed by atoms with Crippen LogP contribution in [-0.2, 0) is 9.59 Å². The maximum absolute atomic E-state index is 12.2. The van der Waals surface area contributed by atoms with Crippen molar-refractivity contribution in [3.05, 3.63) is 23.2 Å². The molecule has 126 valence electrons. The summed E-state index contributed by atoms with van der Waals surface area (Å²) in [6, 6.07) is 5.08. The molecule has 5 nitrogen and oxygen atoms in total. The molecule has 1 aliphatic rings. The van der Waals surface area contributed by atoms with Crippen LogP contribution in [0.4, 0.5) is 11.4 Å². The normalized spacial score (nSPS) is 19.0. The Morgan fingerprint density at radius 3 is 2.78 bits per heavy atom. The smallest absolute Gasteiger partial charge is 0.224 e. The Balaban J connectivity index is 1.89. The van der Waals surface area contributed by atoms with Gasteiger partial charge >= 0.3 is 0 Å². The van der Waals surface area contributed by atoms with Crippen molar-refractivity contribution in [1.29, 1.82) is 0 Å². The number of nitrogens with one attached hydrogen (secondary N) is 3. The molecule has 2 unspecified atom stereocenters. The highest BCUT2D eigenvalue weighted by molar-refractivity contribution is 6.34. The average molecular weight is 338 g/mol. The average Bonchev–Trinajstić information content (AvgIpc) is 2.50. The summed E-state index contributed by atoms with van der Waals surface area (Å²) in [7, 11) is 0. The van der Waals surface area contributed by atoms with Gasteiger partial charge in [-0.2, -0.15) is 0 Å². The van der Waals surface area contributed by atoms with E-state index < -0.39 is 0 Å². The number of rotatable bonds is 5. The van der Waals surface area contributed by atoms with Crippen LogP contribution in [0.25, 0.3) is 0 Å². The lowest BCUT2D eigenvalue weighted by atomic mass is 9.85. The third kappa shape index (κ3) is 5.52. The molecular weight excluding hydrogens is 314 g/mol. The van der Waals surface area contributed by atoms with Gasteiger partial charge in [-0.05, 0) is 56.0 Å². The largest absolute Gasteiger partial charge is 0.326 e. The second-order valence-electron chi connectivity index (χ2n) is 6.21. The third-order valence-electron chi connectivity index (χ3n) is 4.21. The van der Waals surface area contributed by atoms with Gasteiger partial charge in [-0.25, -0.2) is 0 Å². The van der Waals surface area contributed by atoms with Crippen LogP contribution in [0.2, 0.25) is 5.02 Å². The Kier molecular flexibility index (Phi) is 6.42. The van der Waals surface area contributed by atoms with Crippen LogP contribution in [0, 0.1) is 11.8 Å². The molecule has 2 rings (SSSR count). The van der Waals surface area contributed by atoms with Gasteiger partial charge in [0.05, 0.1) is 10.7 Å². The van der Waals surface area contributed by atoms with Crippen LogP contribution in [0.15, 0.2) is 18.2 Å². The third-order valence-corrected chi connectivity index (χ3v) is 4.52. The zero-order valence-corrected chi connectivity index (χ0v) is 14.4. The summed E-state index contributed by atoms with van der Waals surface area (Å²) in [5.74, 6) is 0.710. The number of carbonyl (C=O) groups excluding carboxylic acids is 2. The van der Waals surface area contributed by atoms with Crippen molar-refractivity contribution >= 4 is 34.8 Å². The minimum Gasteiger partial charge on any atom is -0.326 e. The van der Waals surface area contributed by atoms with Crippen molar-refractivity contribution in [3.63, 3.8) is 0 Å². The fraction of sp³-hybridized carbons (Fsp3) is 0.529. The Morgan fingerprint density at radius 1 is 1.39 bits per heavy atom. The molecule has 1 aromatic carbocycles. The van der Waals surface area contributed by atoms with Gasteiger partial charge in [0.25, 0.3) is 0 Å². The summed E-state index contributed by atoms with van der Waals surface area (Å²) in [5, 5.41) is 9.30. The molecule has 6 heteroatoms. The van der Waals surface area contributed by atoms with Crippen molar-refractivity contribution in [2.45, 2.75) is 33.1 Å². The molecule has 3 N–H and O–H groups in total. The first-order valence-electron chi connectivity index (χ1n) is 8.03. The van der Waals surface area contributed by atoms with Crippen LogP contribution in [0.5, 0.6) is 0 Å². The predicted octanol–water partition coefficient (Wildman–Crippen LogP) is 3.26. The van der Waals surface area contributed by atoms with Crippen molar-refractivity contribution in [3.8, 4) is 0 Å². The van der Waals surface area contributed by atoms with Crippen molar-refractivity contribution < 1.29 is 9.59 Å². The fourth-order valence-corrected chi connectivity index (χ4v) is 3.15. The van der Waals surface area contributed by atoms with Crippen LogP contribution >= 0.6 is 11.6 Å². The van der Waals surface area contributed by atoms with E-state index in [1.54, 1.807) is 18.2 Å². The summed E-state index contributed by atoms with van der Waals surface area (Å²) < 4.78 is 0. The van der Waals surface area contributed by atoms with E-state index in [1.807, 2.05) is 0 Å². The lowest BCUT2D eigenvalue weighted by molar-refractivity contribution is -0.117. The van der Waals surface area contributed by atoms with E-state index in [0.29, 0.717) is 34.7 Å². The van der Waals surface area contributed by atoms with Gasteiger partial charge in [0.15, 0.2) is 0 Å². The number of halogens is 1. The highest BCUT2D eigenvalue weighted by Gasteiger charge is 2.22. The zero-order valence-electron chi connectivity index (χ0n) is 13.6. The summed E-state index contributed by atoms with van der Waals surface area (Å²) >= 11 is 6.11. The molecule has 0 saturated carbocycles. The van der Waals surface area contributed by atoms with Crippen LogP contribution in [-0.4, -0.2) is 24.9 Å². The lowest BCUT2D eigenvalue weighted by Crippen LogP contribution is -2.34. The van der Waals surface area contributed by atoms with Crippen LogP contribution in [0.1, 0.15) is 33.1 Å². The maximum atomic E-state index is 12.2. The van der Waals surface area contributed by atoms with E-state index in [2.05, 4.69) is 22.9 Å². The van der Waals surface area contributed by atoms with E-state index in [4.69, 9.17) is 11.6 Å². The molecule has 1 heterocycles. The van der Waals surface area contributed by atoms with E-state index in [0.717, 1.165) is 13.1 Å². The van der Waals surface area contributed by atoms with E-state index in [-0.39, 0.29) is 11.8 Å². The van der Waals surface area contributed by atoms with Gasteiger partial charge < -0.3 is 16.0 Å². The van der Waals surface area contributed by atoms with E-state index >= 15 is 0 Å². The molecule has 0 aromatic heterocycles. The second kappa shape index (κ2) is 8.31. The molecule has 2 amide bonds. The topological polar surface area (TPSA) is 70.2 Å². The number of hydrogen-bond donors (Lipinski definition) is 3. The van der Waals surface area contributed by atoms with Crippen molar-refractivity contribution in [2.75, 3.05) is 23.7 Å². The van der Waals surface area contributed by atoms with E-state index in [1.165, 1.54) is 19.8 Å². The van der Waals surface area contributed by atoms with Gasteiger partial charge in [0, 0.05) is 19.0 Å². The number of anilines is 2. The van der Waals surface area contributed by atoms with Crippen molar-refractivity contribution in [2.24, 2.45) is 11.8 Å². The lowest BCUT2D eigenvalue weighted by Gasteiger charge is -2.28. The van der Waals surface area contributed by atoms with E-state index in [9.17, 15) is 9.59 Å². The Morgan fingerprint density at radius 2 is 2.17 bits per heavy atom. The van der Waals surface area contributed by atoms with Gasteiger partial charge in [-0.15, -0.1) is 0 Å². The first kappa shape index (κ1) is 17.8. The van der Waals surface area contributed by atoms with Gasteiger partial charge in [0.1, 0.15) is 0 Å². The zero-order chi connectivity index (χ0) is 16.8. The maximum Gasteiger partial charge on any atom is 0.224 e. The number of carbonyl (C=O) groups is 2. The number of amides is 2. The molecule has 1 aromatic rings. The molecule has 0 spiro atoms. The molecule has 1 fully saturated rings. The highest BCUT2D eigenvalue weighted by atomic mass is 35.5. The number of piperidine rings is 1. The minimum absolute atomic E-state index is 0.00795. The van der Waals surface area contributed by atoms with Gasteiger partial charge in [-0.3, -0.25) is 9.59 Å². The fourth-order valence-electron chi connectivity index (χ4n) is 2.92. The highest BCUT2D eigenvalue weighted by Crippen LogP contribution is 2.27. The molecule has 0 bridgehead atoms. The standard InChI is InChI=1S/C17H24ClN3O2/c1-11(13-4-3-7-19-10-13)8-17(23)21-14-5-6-16(15(18)9-14)20-12(2)22/h5-6,9,11,13,19H,3-4,7-8,10H2,1-2H3,(H,20,22)(H,21,23). The summed E-state index contributed by atoms with van der Waals surface area (Å²) in [6.07, 6.45) is 2.85. The first-order chi connectivity index (χ1) is 11.0. The molecule has 1 aliphatic heterocycles. The van der Waals surface area contributed by atoms with Gasteiger partial charge in [-0.1, -0.05) is 18.5 Å². The summed E-state index contributed by atoms with van der Waals surface area (Å²) in [4.78, 5) is 23.3.